The molecule has 0 saturated heterocycles. The molecule has 20 aromatic rings. The Bertz CT molecular complexity index is 7240. The van der Waals surface area contributed by atoms with Gasteiger partial charge in [-0.05, 0) is 329 Å². The maximum absolute atomic E-state index is 10.5. The molecule has 0 atom stereocenters. The van der Waals surface area contributed by atoms with E-state index in [0.29, 0.717) is 62.1 Å². The lowest BCUT2D eigenvalue weighted by Crippen LogP contribution is -1.98. The highest BCUT2D eigenvalue weighted by Gasteiger charge is 2.12. The molecule has 0 unspecified atom stereocenters. The van der Waals surface area contributed by atoms with E-state index in [4.69, 9.17) is 20.4 Å². The van der Waals surface area contributed by atoms with Gasteiger partial charge in [0.15, 0.2) is 0 Å². The monoisotopic (exact) mass is 1760 g/mol. The Balaban J connectivity index is 0.000000151. The van der Waals surface area contributed by atoms with Gasteiger partial charge in [0.1, 0.15) is 80.3 Å². The highest BCUT2D eigenvalue weighted by molar-refractivity contribution is 5.96. The number of carbonyl (C=O) groups is 2. The SMILES string of the molecule is Cc1c(O)ccc2ccccc12.Cc1cc(O)c2ccccc2c1O.Cc1cc(O)cc2ccccc12.Cc1cc2cc(O)ccc2cc1O.Cc1cc2ccccc2cc1O.Cc1ccc(O)c(C(=O)O)c1.Cc1ccc(O)cc1C(=O)O.Cc1ccc2cc(O)ccc2c1.Cc1ccc2ccc(O)cc2c1.Cc1ccc2cccc(O)c2c1.Cc1cccc2cc(O)ccc12. The average Bonchev–Trinajstić information content (AvgIpc) is 0.802. The maximum atomic E-state index is 10.5. The predicted octanol–water partition coefficient (Wildman–Crippen LogP) is 27.9. The molecule has 0 aliphatic rings. The lowest BCUT2D eigenvalue weighted by molar-refractivity contribution is 0.0683. The molecule has 17 heteroatoms. The summed E-state index contributed by atoms with van der Waals surface area (Å²) in [6.45, 7) is 21.1. The molecule has 0 spiro atoms. The number of hydrogen-bond donors (Lipinski definition) is 15. The molecule has 0 aliphatic carbocycles. The van der Waals surface area contributed by atoms with Crippen molar-refractivity contribution in [2.75, 3.05) is 0 Å². The van der Waals surface area contributed by atoms with Crippen molar-refractivity contribution in [3.05, 3.63) is 424 Å². The Labute approximate surface area is 765 Å². The summed E-state index contributed by atoms with van der Waals surface area (Å²) in [6, 6.07) is 108. The average molecular weight is 1760 g/mol. The molecule has 0 saturated carbocycles. The number of phenolic OH excluding ortho intramolecular Hbond substituents is 12. The van der Waals surface area contributed by atoms with Crippen molar-refractivity contribution in [1.82, 2.24) is 0 Å². The van der Waals surface area contributed by atoms with Crippen LogP contribution in [0.3, 0.4) is 0 Å². The summed E-state index contributed by atoms with van der Waals surface area (Å²) in [4.78, 5) is 20.9. The van der Waals surface area contributed by atoms with Gasteiger partial charge in [0.25, 0.3) is 0 Å². The number of fused-ring (bicyclic) bond motifs is 9. The molecule has 17 nitrogen and oxygen atoms in total. The number of benzene rings is 20. The minimum absolute atomic E-state index is 0.0204. The van der Waals surface area contributed by atoms with Gasteiger partial charge in [-0.1, -0.05) is 241 Å². The van der Waals surface area contributed by atoms with Crippen molar-refractivity contribution < 1.29 is 86.2 Å². The summed E-state index contributed by atoms with van der Waals surface area (Å²) in [7, 11) is 0. The second kappa shape index (κ2) is 45.5. The lowest BCUT2D eigenvalue weighted by Gasteiger charge is -2.05. The fourth-order valence-corrected chi connectivity index (χ4v) is 14.3. The van der Waals surface area contributed by atoms with E-state index < -0.39 is 11.9 Å². The normalized spacial score (nSPS) is 10.3. The second-order valence-corrected chi connectivity index (χ2v) is 31.9. The van der Waals surface area contributed by atoms with Crippen molar-refractivity contribution >= 4 is 109 Å². The first kappa shape index (κ1) is 97.3. The van der Waals surface area contributed by atoms with Crippen LogP contribution < -0.4 is 0 Å². The number of hydrogen-bond acceptors (Lipinski definition) is 15. The molecule has 132 heavy (non-hydrogen) atoms. The minimum Gasteiger partial charge on any atom is -0.508 e. The van der Waals surface area contributed by atoms with Crippen molar-refractivity contribution in [3.8, 4) is 74.7 Å². The Kier molecular flexibility index (Phi) is 33.5. The molecule has 0 heterocycles. The van der Waals surface area contributed by atoms with Crippen LogP contribution in [-0.2, 0) is 0 Å². The number of aromatic hydroxyl groups is 13. The lowest BCUT2D eigenvalue weighted by atomic mass is 10.1. The molecule has 0 aliphatic heterocycles. The molecule has 20 aromatic carbocycles. The third-order valence-corrected chi connectivity index (χ3v) is 21.5. The van der Waals surface area contributed by atoms with Crippen LogP contribution in [0, 0.1) is 76.2 Å². The largest absolute Gasteiger partial charge is 0.508 e. The van der Waals surface area contributed by atoms with Crippen LogP contribution in [0.25, 0.3) is 97.0 Å². The van der Waals surface area contributed by atoms with E-state index in [-0.39, 0.29) is 45.6 Å². The predicted molar refractivity (Wildman–Crippen MR) is 536 cm³/mol. The Morgan fingerprint density at radius 3 is 1.14 bits per heavy atom. The van der Waals surface area contributed by atoms with Crippen LogP contribution in [0.2, 0.25) is 0 Å². The van der Waals surface area contributed by atoms with Crippen molar-refractivity contribution in [1.29, 1.82) is 0 Å². The molecule has 0 fully saturated rings. The highest BCUT2D eigenvalue weighted by Crippen LogP contribution is 2.36. The number of phenols is 13. The minimum atomic E-state index is -1.11. The number of carboxylic acids is 2. The number of carboxylic acid groups (broad SMARTS) is 2. The number of aryl methyl sites for hydroxylation is 11. The third-order valence-electron chi connectivity index (χ3n) is 21.5. The van der Waals surface area contributed by atoms with Crippen LogP contribution in [0.15, 0.2) is 352 Å². The second-order valence-electron chi connectivity index (χ2n) is 31.9. The first-order valence-corrected chi connectivity index (χ1v) is 42.2. The van der Waals surface area contributed by atoms with Crippen LogP contribution in [0.1, 0.15) is 81.9 Å². The van der Waals surface area contributed by atoms with Crippen molar-refractivity contribution in [3.63, 3.8) is 0 Å². The van der Waals surface area contributed by atoms with Crippen LogP contribution >= 0.6 is 0 Å². The smallest absolute Gasteiger partial charge is 0.339 e. The molecule has 15 N–H and O–H groups in total. The number of rotatable bonds is 2. The zero-order valence-corrected chi connectivity index (χ0v) is 75.0. The van der Waals surface area contributed by atoms with Gasteiger partial charge in [-0.25, -0.2) is 9.59 Å². The van der Waals surface area contributed by atoms with Gasteiger partial charge in [0.05, 0.1) is 5.56 Å². The molecule has 0 radical (unpaired) electrons. The molecular weight excluding hydrogens is 1650 g/mol. The summed E-state index contributed by atoms with van der Waals surface area (Å²) < 4.78 is 0. The fraction of sp³-hybridized carbons (Fsp3) is 0.0957. The highest BCUT2D eigenvalue weighted by atomic mass is 16.4. The molecule has 0 amide bonds. The zero-order valence-electron chi connectivity index (χ0n) is 75.0. The Morgan fingerprint density at radius 2 is 0.545 bits per heavy atom. The Hall–Kier alpha value is -16.9. The van der Waals surface area contributed by atoms with Gasteiger partial charge in [-0.15, -0.1) is 0 Å². The topological polar surface area (TPSA) is 338 Å². The molecule has 20 rings (SSSR count). The van der Waals surface area contributed by atoms with E-state index in [2.05, 4.69) is 50.2 Å². The van der Waals surface area contributed by atoms with E-state index in [1.165, 1.54) is 78.8 Å². The summed E-state index contributed by atoms with van der Waals surface area (Å²) in [5.74, 6) is 1.08. The molecule has 0 bridgehead atoms. The van der Waals surface area contributed by atoms with Crippen molar-refractivity contribution in [2.24, 2.45) is 0 Å². The van der Waals surface area contributed by atoms with Gasteiger partial charge >= 0.3 is 11.9 Å². The first-order chi connectivity index (χ1) is 63.0. The van der Waals surface area contributed by atoms with Crippen LogP contribution in [0.4, 0.5) is 0 Å². The third kappa shape index (κ3) is 27.1. The molecule has 668 valence electrons. The van der Waals surface area contributed by atoms with Gasteiger partial charge < -0.3 is 76.6 Å². The zero-order chi connectivity index (χ0) is 95.6. The summed E-state index contributed by atoms with van der Waals surface area (Å²) in [5.41, 5.74) is 10.9. The standard InChI is InChI=1S/2C11H10O2.7C11H10O.2C8H8O3/c1-7-4-9-5-10(12)3-2-8(9)6-11(7)13;1-7-6-10(12)8-4-2-3-5-9(8)11(7)13;1-8-2-3-10-7-11(12)5-4-9(10)6-8;1-8-2-3-9-4-5-11(12)7-10(9)6-8;1-8-5-6-9-3-2-4-11(12)10(9)7-8;1-8-3-2-4-9-7-10(12)5-6-11(8)9;1-8-6-10(12)7-9-4-2-3-5-11(8)9;1-8-6-9-4-2-3-5-10(9)7-11(8)12;1-8-10-5-3-2-4-9(10)6-7-11(8)12;1-5-2-3-6(9)4-7(5)8(10)11;1-5-2-3-7(9)6(4-5)8(10)11/h2*2-6,12-13H,1H3;7*2-7,12H,1H3;2*2-4,9H,1H3,(H,10,11). The van der Waals surface area contributed by atoms with E-state index in [9.17, 15) is 65.8 Å². The van der Waals surface area contributed by atoms with Gasteiger partial charge in [0.2, 0.25) is 0 Å². The molecular formula is C115H106O17. The fourth-order valence-electron chi connectivity index (χ4n) is 14.3. The van der Waals surface area contributed by atoms with E-state index in [1.807, 2.05) is 211 Å². The van der Waals surface area contributed by atoms with E-state index in [1.54, 1.807) is 142 Å². The van der Waals surface area contributed by atoms with Crippen molar-refractivity contribution in [2.45, 2.75) is 76.2 Å². The van der Waals surface area contributed by atoms with Crippen LogP contribution in [-0.4, -0.2) is 88.5 Å². The summed E-state index contributed by atoms with van der Waals surface area (Å²) in [6.07, 6.45) is 0. The summed E-state index contributed by atoms with van der Waals surface area (Å²) >= 11 is 0. The van der Waals surface area contributed by atoms with Gasteiger partial charge in [-0.3, -0.25) is 0 Å². The summed E-state index contributed by atoms with van der Waals surface area (Å²) in [5, 5.41) is 157. The van der Waals surface area contributed by atoms with Crippen LogP contribution in [0.5, 0.6) is 74.7 Å². The number of aromatic carboxylic acids is 2. The first-order valence-electron chi connectivity index (χ1n) is 42.2. The van der Waals surface area contributed by atoms with E-state index in [0.717, 1.165) is 81.7 Å². The maximum Gasteiger partial charge on any atom is 0.339 e. The Morgan fingerprint density at radius 1 is 0.174 bits per heavy atom. The van der Waals surface area contributed by atoms with E-state index >= 15 is 0 Å². The molecule has 0 aromatic heterocycles. The van der Waals surface area contributed by atoms with Gasteiger partial charge in [0, 0.05) is 16.2 Å². The van der Waals surface area contributed by atoms with Gasteiger partial charge in [-0.2, -0.15) is 0 Å². The quantitative estimate of drug-likeness (QED) is 0.0715.